The topological polar surface area (TPSA) is 0 Å². The molecule has 1 atom stereocenters. The zero-order valence-electron chi connectivity index (χ0n) is 13.7. The monoisotopic (exact) mass is 286 g/mol. The minimum absolute atomic E-state index is 0. The molecule has 1 aromatic rings. The fraction of sp³-hybridized carbons (Fsp3) is 0.476. The molecule has 0 nitrogen and oxygen atoms in total. The summed E-state index contributed by atoms with van der Waals surface area (Å²) in [5.41, 5.74) is 5.60. The quantitative estimate of drug-likeness (QED) is 0.366. The van der Waals surface area contributed by atoms with Gasteiger partial charge in [-0.25, -0.2) is 0 Å². The van der Waals surface area contributed by atoms with E-state index >= 15 is 0 Å². The summed E-state index contributed by atoms with van der Waals surface area (Å²) in [5.74, 6) is 0.685. The lowest BCUT2D eigenvalue weighted by Gasteiger charge is -2.14. The zero-order chi connectivity index (χ0) is 15.2. The van der Waals surface area contributed by atoms with Crippen LogP contribution in [-0.2, 0) is 0 Å². The summed E-state index contributed by atoms with van der Waals surface area (Å²) in [7, 11) is 0. The van der Waals surface area contributed by atoms with E-state index in [0.717, 1.165) is 12.8 Å². The van der Waals surface area contributed by atoms with Gasteiger partial charge in [0.2, 0.25) is 0 Å². The molecule has 0 saturated carbocycles. The van der Waals surface area contributed by atoms with Gasteiger partial charge in [0.05, 0.1) is 0 Å². The summed E-state index contributed by atoms with van der Waals surface area (Å²) >= 11 is 0. The highest BCUT2D eigenvalue weighted by Gasteiger charge is 2.07. The van der Waals surface area contributed by atoms with Crippen LogP contribution in [0.15, 0.2) is 54.8 Å². The maximum Gasteiger partial charge on any atom is -0.00932 e. The number of hydrogen-bond donors (Lipinski definition) is 0. The molecule has 0 aliphatic carbocycles. The van der Waals surface area contributed by atoms with E-state index in [9.17, 15) is 0 Å². The third-order valence-electron chi connectivity index (χ3n) is 3.29. The highest BCUT2D eigenvalue weighted by Crippen LogP contribution is 2.25. The minimum atomic E-state index is 0. The molecule has 0 heteroatoms. The number of allylic oxidation sites excluding steroid dienone is 3. The Hall–Kier alpha value is -1.52. The number of aryl methyl sites for hydroxylation is 1. The molecule has 0 fully saturated rings. The van der Waals surface area contributed by atoms with Crippen molar-refractivity contribution in [2.24, 2.45) is 0 Å². The number of hydrogen-bond acceptors (Lipinski definition) is 0. The maximum absolute atomic E-state index is 3.55. The van der Waals surface area contributed by atoms with Crippen molar-refractivity contribution >= 4 is 0 Å². The lowest BCUT2D eigenvalue weighted by atomic mass is 9.91. The second-order valence-corrected chi connectivity index (χ2v) is 4.71. The average Bonchev–Trinajstić information content (AvgIpc) is 2.50. The molecule has 118 valence electrons. The van der Waals surface area contributed by atoms with Crippen LogP contribution >= 0.6 is 0 Å². The van der Waals surface area contributed by atoms with Gasteiger partial charge in [0, 0.05) is 0 Å². The number of rotatable bonds is 7. The molecule has 21 heavy (non-hydrogen) atoms. The van der Waals surface area contributed by atoms with Crippen LogP contribution < -0.4 is 0 Å². The van der Waals surface area contributed by atoms with E-state index in [2.05, 4.69) is 62.6 Å². The van der Waals surface area contributed by atoms with E-state index in [0.29, 0.717) is 5.92 Å². The van der Waals surface area contributed by atoms with Crippen LogP contribution in [0.25, 0.3) is 0 Å². The van der Waals surface area contributed by atoms with Crippen LogP contribution in [0, 0.1) is 6.92 Å². The normalized spacial score (nSPS) is 10.9. The lowest BCUT2D eigenvalue weighted by Crippen LogP contribution is -1.96. The molecule has 0 amide bonds. The minimum Gasteiger partial charge on any atom is -0.133 e. The third-order valence-corrected chi connectivity index (χ3v) is 3.29. The highest BCUT2D eigenvalue weighted by atomic mass is 14.1. The molecule has 0 bridgehead atoms. The van der Waals surface area contributed by atoms with Crippen molar-refractivity contribution in [3.05, 3.63) is 65.9 Å². The van der Waals surface area contributed by atoms with Crippen molar-refractivity contribution in [1.82, 2.24) is 0 Å². The Balaban J connectivity index is 0. The van der Waals surface area contributed by atoms with Crippen LogP contribution in [0.5, 0.6) is 0 Å². The van der Waals surface area contributed by atoms with E-state index in [1.807, 2.05) is 19.9 Å². The Kier molecular flexibility index (Phi) is 15.4. The lowest BCUT2D eigenvalue weighted by molar-refractivity contribution is 0.612. The SMILES string of the molecule is C.C=C=CC/C=C\CCC(CC)c1ccc(C)cc1.CC. The van der Waals surface area contributed by atoms with Crippen molar-refractivity contribution in [3.63, 3.8) is 0 Å². The van der Waals surface area contributed by atoms with E-state index in [4.69, 9.17) is 0 Å². The van der Waals surface area contributed by atoms with Gasteiger partial charge in [-0.15, -0.1) is 5.73 Å². The van der Waals surface area contributed by atoms with Crippen molar-refractivity contribution < 1.29 is 0 Å². The molecule has 0 aliphatic rings. The Labute approximate surface area is 133 Å². The van der Waals surface area contributed by atoms with Gasteiger partial charge in [0.1, 0.15) is 0 Å². The molecule has 0 N–H and O–H groups in total. The van der Waals surface area contributed by atoms with Crippen molar-refractivity contribution in [1.29, 1.82) is 0 Å². The van der Waals surface area contributed by atoms with E-state index in [-0.39, 0.29) is 7.43 Å². The summed E-state index contributed by atoms with van der Waals surface area (Å²) in [6, 6.07) is 8.97. The second-order valence-electron chi connectivity index (χ2n) is 4.71. The molecule has 1 aromatic carbocycles. The van der Waals surface area contributed by atoms with Gasteiger partial charge in [-0.3, -0.25) is 0 Å². The summed E-state index contributed by atoms with van der Waals surface area (Å²) in [5, 5.41) is 0. The summed E-state index contributed by atoms with van der Waals surface area (Å²) < 4.78 is 0. The van der Waals surface area contributed by atoms with E-state index < -0.39 is 0 Å². The standard InChI is InChI=1S/C18H24.C2H6.CH4/c1-4-6-7-8-9-10-11-17(5-2)18-14-12-16(3)13-15-18;1-2;/h6,8-9,12-15,17H,1,5,7,10-11H2,2-3H3;1-2H3;1H4/b9-8-;;. The van der Waals surface area contributed by atoms with Gasteiger partial charge in [0.25, 0.3) is 0 Å². The Morgan fingerprint density at radius 2 is 1.76 bits per heavy atom. The molecule has 0 heterocycles. The first-order valence-corrected chi connectivity index (χ1v) is 7.83. The highest BCUT2D eigenvalue weighted by molar-refractivity contribution is 5.24. The zero-order valence-corrected chi connectivity index (χ0v) is 13.7. The number of benzene rings is 1. The van der Waals surface area contributed by atoms with Gasteiger partial charge in [0.15, 0.2) is 0 Å². The van der Waals surface area contributed by atoms with Crippen LogP contribution in [0.4, 0.5) is 0 Å². The molecule has 0 aromatic heterocycles. The molecular formula is C21H34. The fourth-order valence-electron chi connectivity index (χ4n) is 2.11. The molecular weight excluding hydrogens is 252 g/mol. The fourth-order valence-corrected chi connectivity index (χ4v) is 2.11. The van der Waals surface area contributed by atoms with Crippen LogP contribution in [0.2, 0.25) is 0 Å². The largest absolute Gasteiger partial charge is 0.133 e. The third kappa shape index (κ3) is 9.93. The van der Waals surface area contributed by atoms with E-state index in [1.54, 1.807) is 0 Å². The first-order chi connectivity index (χ1) is 9.77. The maximum atomic E-state index is 3.55. The molecule has 1 rings (SSSR count). The predicted molar refractivity (Wildman–Crippen MR) is 99.0 cm³/mol. The van der Waals surface area contributed by atoms with Crippen LogP contribution in [0.3, 0.4) is 0 Å². The molecule has 0 radical (unpaired) electrons. The summed E-state index contributed by atoms with van der Waals surface area (Å²) in [6.07, 6.45) is 11.0. The van der Waals surface area contributed by atoms with Crippen molar-refractivity contribution in [3.8, 4) is 0 Å². The van der Waals surface area contributed by atoms with Crippen LogP contribution in [-0.4, -0.2) is 0 Å². The Morgan fingerprint density at radius 3 is 2.29 bits per heavy atom. The first kappa shape index (κ1) is 21.8. The molecule has 0 saturated heterocycles. The predicted octanol–water partition coefficient (Wildman–Crippen LogP) is 7.22. The van der Waals surface area contributed by atoms with E-state index in [1.165, 1.54) is 24.0 Å². The smallest absolute Gasteiger partial charge is 0.00932 e. The van der Waals surface area contributed by atoms with Crippen molar-refractivity contribution in [2.45, 2.75) is 66.7 Å². The van der Waals surface area contributed by atoms with Gasteiger partial charge >= 0.3 is 0 Å². The van der Waals surface area contributed by atoms with Gasteiger partial charge in [-0.2, -0.15) is 0 Å². The van der Waals surface area contributed by atoms with Gasteiger partial charge < -0.3 is 0 Å². The molecule has 1 unspecified atom stereocenters. The summed E-state index contributed by atoms with van der Waals surface area (Å²) in [6.45, 7) is 12.0. The van der Waals surface area contributed by atoms with Crippen molar-refractivity contribution in [2.75, 3.05) is 0 Å². The second kappa shape index (κ2) is 14.9. The Bertz CT molecular complexity index is 402. The Morgan fingerprint density at radius 1 is 1.14 bits per heavy atom. The van der Waals surface area contributed by atoms with Gasteiger partial charge in [-0.1, -0.05) is 76.8 Å². The average molecular weight is 287 g/mol. The van der Waals surface area contributed by atoms with Gasteiger partial charge in [-0.05, 0) is 50.2 Å². The molecule has 0 spiro atoms. The molecule has 0 aliphatic heterocycles. The van der Waals surface area contributed by atoms with Crippen LogP contribution in [0.1, 0.15) is 70.9 Å². The first-order valence-electron chi connectivity index (χ1n) is 7.83. The summed E-state index contributed by atoms with van der Waals surface area (Å²) in [4.78, 5) is 0.